The highest BCUT2D eigenvalue weighted by molar-refractivity contribution is 5.80. The van der Waals surface area contributed by atoms with Crippen LogP contribution in [0.4, 0.5) is 0 Å². The van der Waals surface area contributed by atoms with Crippen LogP contribution in [0.2, 0.25) is 0 Å². The molecule has 3 N–H and O–H groups in total. The van der Waals surface area contributed by atoms with Crippen molar-refractivity contribution in [3.63, 3.8) is 0 Å². The molecule has 0 spiro atoms. The number of carbonyl (C=O) groups is 2. The van der Waals surface area contributed by atoms with Gasteiger partial charge in [-0.15, -0.1) is 0 Å². The average Bonchev–Trinajstić information content (AvgIpc) is 3.04. The third-order valence-corrected chi connectivity index (χ3v) is 5.16. The number of hydrogen-bond donors (Lipinski definition) is 3. The van der Waals surface area contributed by atoms with E-state index in [0.29, 0.717) is 32.7 Å². The molecule has 1 aromatic carbocycles. The fraction of sp³-hybridized carbons (Fsp3) is 0.600. The topological polar surface area (TPSA) is 96.9 Å². The van der Waals surface area contributed by atoms with E-state index in [1.54, 1.807) is 0 Å². The normalized spacial score (nSPS) is 25.9. The Morgan fingerprint density at radius 2 is 1.85 bits per heavy atom. The molecule has 7 nitrogen and oxygen atoms in total. The predicted octanol–water partition coefficient (Wildman–Crippen LogP) is 0.754. The lowest BCUT2D eigenvalue weighted by Gasteiger charge is -2.24. The summed E-state index contributed by atoms with van der Waals surface area (Å²) in [4.78, 5) is 24.5. The fourth-order valence-electron chi connectivity index (χ4n) is 3.63. The van der Waals surface area contributed by atoms with Gasteiger partial charge in [-0.1, -0.05) is 30.3 Å². The predicted molar refractivity (Wildman–Crippen MR) is 98.7 cm³/mol. The summed E-state index contributed by atoms with van der Waals surface area (Å²) in [6.07, 6.45) is 1.74. The highest BCUT2D eigenvalue weighted by Crippen LogP contribution is 2.27. The summed E-state index contributed by atoms with van der Waals surface area (Å²) in [5.41, 5.74) is 0.996. The molecule has 3 atom stereocenters. The van der Waals surface area contributed by atoms with Crippen molar-refractivity contribution in [2.75, 3.05) is 19.8 Å². The molecule has 7 heteroatoms. The van der Waals surface area contributed by atoms with E-state index < -0.39 is 12.1 Å². The highest BCUT2D eigenvalue weighted by atomic mass is 16.5. The molecule has 1 saturated carbocycles. The number of aliphatic hydroxyl groups excluding tert-OH is 1. The molecule has 2 amide bonds. The summed E-state index contributed by atoms with van der Waals surface area (Å²) in [5.74, 6) is -0.600. The number of aliphatic hydroxyl groups is 1. The zero-order chi connectivity index (χ0) is 19.1. The molecule has 0 bridgehead atoms. The minimum Gasteiger partial charge on any atom is -0.391 e. The molecular formula is C20H28N2O5. The van der Waals surface area contributed by atoms with Crippen LogP contribution in [0.15, 0.2) is 30.3 Å². The molecule has 1 saturated heterocycles. The monoisotopic (exact) mass is 376 g/mol. The smallest absolute Gasteiger partial charge is 0.246 e. The van der Waals surface area contributed by atoms with E-state index in [1.807, 2.05) is 30.3 Å². The van der Waals surface area contributed by atoms with Crippen LogP contribution >= 0.6 is 0 Å². The van der Waals surface area contributed by atoms with Gasteiger partial charge in [-0.2, -0.15) is 0 Å². The Kier molecular flexibility index (Phi) is 7.20. The van der Waals surface area contributed by atoms with Crippen molar-refractivity contribution in [2.24, 2.45) is 5.92 Å². The zero-order valence-electron chi connectivity index (χ0n) is 15.4. The van der Waals surface area contributed by atoms with E-state index in [0.717, 1.165) is 18.4 Å². The maximum absolute atomic E-state index is 12.4. The van der Waals surface area contributed by atoms with Gasteiger partial charge in [-0.3, -0.25) is 9.59 Å². The van der Waals surface area contributed by atoms with Gasteiger partial charge in [0.25, 0.3) is 0 Å². The van der Waals surface area contributed by atoms with Crippen molar-refractivity contribution in [3.05, 3.63) is 35.9 Å². The van der Waals surface area contributed by atoms with E-state index in [-0.39, 0.29) is 30.4 Å². The largest absolute Gasteiger partial charge is 0.391 e. The molecule has 1 heterocycles. The first-order chi connectivity index (χ1) is 13.1. The molecule has 148 valence electrons. The molecule has 27 heavy (non-hydrogen) atoms. The minimum atomic E-state index is -0.714. The number of ether oxygens (including phenoxy) is 2. The lowest BCUT2D eigenvalue weighted by atomic mass is 10.0. The van der Waals surface area contributed by atoms with Gasteiger partial charge >= 0.3 is 0 Å². The second-order valence-corrected chi connectivity index (χ2v) is 7.28. The lowest BCUT2D eigenvalue weighted by Crippen LogP contribution is -2.43. The van der Waals surface area contributed by atoms with Gasteiger partial charge in [0, 0.05) is 25.2 Å². The van der Waals surface area contributed by atoms with Crippen LogP contribution in [0.1, 0.15) is 31.2 Å². The van der Waals surface area contributed by atoms with E-state index in [2.05, 4.69) is 10.6 Å². The van der Waals surface area contributed by atoms with E-state index in [1.165, 1.54) is 0 Å². The molecule has 0 aromatic heterocycles. The van der Waals surface area contributed by atoms with Gasteiger partial charge < -0.3 is 25.2 Å². The summed E-state index contributed by atoms with van der Waals surface area (Å²) in [7, 11) is 0. The van der Waals surface area contributed by atoms with Gasteiger partial charge in [0.15, 0.2) is 0 Å². The third-order valence-electron chi connectivity index (χ3n) is 5.16. The number of carbonyl (C=O) groups excluding carboxylic acids is 2. The van der Waals surface area contributed by atoms with Gasteiger partial charge in [0.1, 0.15) is 6.61 Å². The summed E-state index contributed by atoms with van der Waals surface area (Å²) >= 11 is 0. The quantitative estimate of drug-likeness (QED) is 0.653. The standard InChI is InChI=1S/C20H28N2O5/c23-18-11-15(20(25)21-16-6-8-26-9-7-16)10-17(18)22-19(24)13-27-12-14-4-2-1-3-5-14/h1-5,15-18,23H,6-13H2,(H,21,25)(H,22,24)/t15-,17-,18-/m0/s1. The summed E-state index contributed by atoms with van der Waals surface area (Å²) < 4.78 is 10.7. The second-order valence-electron chi connectivity index (χ2n) is 7.28. The summed E-state index contributed by atoms with van der Waals surface area (Å²) in [6.45, 7) is 1.62. The van der Waals surface area contributed by atoms with Crippen LogP contribution < -0.4 is 10.6 Å². The lowest BCUT2D eigenvalue weighted by molar-refractivity contribution is -0.128. The van der Waals surface area contributed by atoms with Crippen molar-refractivity contribution < 1.29 is 24.2 Å². The van der Waals surface area contributed by atoms with Crippen molar-refractivity contribution in [1.29, 1.82) is 0 Å². The first-order valence-corrected chi connectivity index (χ1v) is 9.59. The van der Waals surface area contributed by atoms with Crippen molar-refractivity contribution in [3.8, 4) is 0 Å². The maximum atomic E-state index is 12.4. The van der Waals surface area contributed by atoms with E-state index >= 15 is 0 Å². The Balaban J connectivity index is 1.38. The second kappa shape index (κ2) is 9.82. The van der Waals surface area contributed by atoms with Crippen LogP contribution in [0.3, 0.4) is 0 Å². The number of nitrogens with one attached hydrogen (secondary N) is 2. The molecule has 2 fully saturated rings. The Bertz CT molecular complexity index is 618. The Hall–Kier alpha value is -1.96. The van der Waals surface area contributed by atoms with Crippen LogP contribution in [0, 0.1) is 5.92 Å². The summed E-state index contributed by atoms with van der Waals surface area (Å²) in [5, 5.41) is 16.0. The fourth-order valence-corrected chi connectivity index (χ4v) is 3.63. The number of benzene rings is 1. The van der Waals surface area contributed by atoms with Gasteiger partial charge in [-0.25, -0.2) is 0 Å². The molecule has 1 aromatic rings. The van der Waals surface area contributed by atoms with E-state index in [9.17, 15) is 14.7 Å². The Morgan fingerprint density at radius 3 is 2.59 bits per heavy atom. The molecule has 0 radical (unpaired) electrons. The Morgan fingerprint density at radius 1 is 1.11 bits per heavy atom. The Labute approximate surface area is 159 Å². The number of hydrogen-bond acceptors (Lipinski definition) is 5. The van der Waals surface area contributed by atoms with Crippen molar-refractivity contribution in [1.82, 2.24) is 10.6 Å². The molecule has 1 aliphatic carbocycles. The van der Waals surface area contributed by atoms with Gasteiger partial charge in [-0.05, 0) is 31.2 Å². The summed E-state index contributed by atoms with van der Waals surface area (Å²) in [6, 6.07) is 9.34. The third kappa shape index (κ3) is 6.02. The van der Waals surface area contributed by atoms with Crippen LogP contribution in [-0.4, -0.2) is 54.9 Å². The molecule has 2 aliphatic rings. The van der Waals surface area contributed by atoms with Crippen LogP contribution in [0.5, 0.6) is 0 Å². The maximum Gasteiger partial charge on any atom is 0.246 e. The minimum absolute atomic E-state index is 0.0435. The highest BCUT2D eigenvalue weighted by Gasteiger charge is 2.38. The zero-order valence-corrected chi connectivity index (χ0v) is 15.4. The van der Waals surface area contributed by atoms with E-state index in [4.69, 9.17) is 9.47 Å². The van der Waals surface area contributed by atoms with Crippen molar-refractivity contribution in [2.45, 2.75) is 50.5 Å². The first kappa shape index (κ1) is 19.8. The molecular weight excluding hydrogens is 348 g/mol. The SMILES string of the molecule is O=C(COCc1ccccc1)N[C@H]1C[C@H](C(=O)NC2CCOCC2)C[C@@H]1O. The molecule has 1 aliphatic heterocycles. The van der Waals surface area contributed by atoms with Gasteiger partial charge in [0.2, 0.25) is 11.8 Å². The van der Waals surface area contributed by atoms with Gasteiger partial charge in [0.05, 0.1) is 18.8 Å². The average molecular weight is 376 g/mol. The molecule has 3 rings (SSSR count). The van der Waals surface area contributed by atoms with Crippen molar-refractivity contribution >= 4 is 11.8 Å². The van der Waals surface area contributed by atoms with Crippen LogP contribution in [0.25, 0.3) is 0 Å². The molecule has 0 unspecified atom stereocenters. The first-order valence-electron chi connectivity index (χ1n) is 9.59. The number of amides is 2. The number of rotatable bonds is 7. The van der Waals surface area contributed by atoms with Crippen LogP contribution in [-0.2, 0) is 25.7 Å².